The molecule has 1 radical (unpaired) electrons. The molecule has 2 heteroatoms. The van der Waals surface area contributed by atoms with Crippen LogP contribution in [0.25, 0.3) is 11.0 Å². The molecule has 0 atom stereocenters. The van der Waals surface area contributed by atoms with Crippen molar-refractivity contribution < 1.29 is 0 Å². The van der Waals surface area contributed by atoms with Crippen LogP contribution in [-0.2, 0) is 0 Å². The Morgan fingerprint density at radius 1 is 1.08 bits per heavy atom. The fraction of sp³-hybridized carbons (Fsp3) is 0. The van der Waals surface area contributed by atoms with Gasteiger partial charge in [-0.25, -0.2) is 0 Å². The second-order valence-electron chi connectivity index (χ2n) is 2.71. The number of nitrogens with zero attached hydrogens (tertiary/aromatic N) is 2. The van der Waals surface area contributed by atoms with Crippen LogP contribution >= 0.6 is 0 Å². The zero-order chi connectivity index (χ0) is 9.10. The van der Waals surface area contributed by atoms with Gasteiger partial charge < -0.3 is 0 Å². The van der Waals surface area contributed by atoms with Crippen molar-refractivity contribution in [1.82, 2.24) is 9.97 Å². The van der Waals surface area contributed by atoms with E-state index in [1.165, 1.54) is 0 Å². The van der Waals surface area contributed by atoms with E-state index >= 15 is 0 Å². The predicted molar refractivity (Wildman–Crippen MR) is 53.1 cm³/mol. The third-order valence-electron chi connectivity index (χ3n) is 1.80. The van der Waals surface area contributed by atoms with Gasteiger partial charge in [0.2, 0.25) is 0 Å². The lowest BCUT2D eigenvalue weighted by Gasteiger charge is -1.98. The van der Waals surface area contributed by atoms with Crippen molar-refractivity contribution >= 4 is 11.0 Å². The van der Waals surface area contributed by atoms with Crippen LogP contribution < -0.4 is 0 Å². The lowest BCUT2D eigenvalue weighted by molar-refractivity contribution is 1.29. The van der Waals surface area contributed by atoms with Gasteiger partial charge in [0, 0.05) is 18.8 Å². The molecule has 0 fully saturated rings. The van der Waals surface area contributed by atoms with Crippen LogP contribution in [-0.4, -0.2) is 9.97 Å². The van der Waals surface area contributed by atoms with Gasteiger partial charge in [0.15, 0.2) is 0 Å². The summed E-state index contributed by atoms with van der Waals surface area (Å²) in [5.41, 5.74) is 2.94. The highest BCUT2D eigenvalue weighted by molar-refractivity contribution is 5.74. The van der Waals surface area contributed by atoms with Gasteiger partial charge in [-0.05, 0) is 17.7 Å². The molecule has 0 saturated heterocycles. The Morgan fingerprint density at radius 2 is 1.85 bits per heavy atom. The Hall–Kier alpha value is -1.70. The minimum absolute atomic E-state index is 0.915. The van der Waals surface area contributed by atoms with Gasteiger partial charge in [0.1, 0.15) is 0 Å². The fourth-order valence-electron chi connectivity index (χ4n) is 1.22. The Kier molecular flexibility index (Phi) is 2.04. The second-order valence-corrected chi connectivity index (χ2v) is 2.71. The van der Waals surface area contributed by atoms with Crippen molar-refractivity contribution in [1.29, 1.82) is 0 Å². The summed E-state index contributed by atoms with van der Waals surface area (Å²) in [5.74, 6) is 0. The number of benzene rings is 1. The molecular weight excluding hydrogens is 160 g/mol. The van der Waals surface area contributed by atoms with E-state index in [1.807, 2.05) is 24.6 Å². The molecule has 63 valence electrons. The van der Waals surface area contributed by atoms with E-state index in [1.54, 1.807) is 18.5 Å². The minimum Gasteiger partial charge on any atom is -0.253 e. The van der Waals surface area contributed by atoms with E-state index in [0.29, 0.717) is 0 Å². The summed E-state index contributed by atoms with van der Waals surface area (Å²) in [7, 11) is 0. The van der Waals surface area contributed by atoms with Crippen LogP contribution in [0.4, 0.5) is 0 Å². The molecule has 0 amide bonds. The smallest absolute Gasteiger partial charge is 0.0889 e. The van der Waals surface area contributed by atoms with Gasteiger partial charge in [-0.1, -0.05) is 12.1 Å². The number of rotatable bonds is 2. The van der Waals surface area contributed by atoms with Crippen molar-refractivity contribution in [2.24, 2.45) is 0 Å². The van der Waals surface area contributed by atoms with E-state index in [4.69, 9.17) is 0 Å². The van der Waals surface area contributed by atoms with E-state index in [-0.39, 0.29) is 0 Å². The van der Waals surface area contributed by atoms with Gasteiger partial charge in [-0.3, -0.25) is 9.97 Å². The van der Waals surface area contributed by atoms with Gasteiger partial charge >= 0.3 is 0 Å². The van der Waals surface area contributed by atoms with Gasteiger partial charge in [0.05, 0.1) is 11.0 Å². The molecule has 0 aliphatic carbocycles. The van der Waals surface area contributed by atoms with E-state index in [0.717, 1.165) is 16.6 Å². The number of aromatic nitrogens is 2. The topological polar surface area (TPSA) is 25.8 Å². The van der Waals surface area contributed by atoms with E-state index in [9.17, 15) is 0 Å². The monoisotopic (exact) mass is 169 g/mol. The number of hydrogen-bond acceptors (Lipinski definition) is 2. The lowest BCUT2D eigenvalue weighted by atomic mass is 10.1. The first-order valence-corrected chi connectivity index (χ1v) is 4.07. The van der Waals surface area contributed by atoms with Crippen LogP contribution in [0.1, 0.15) is 5.56 Å². The highest BCUT2D eigenvalue weighted by atomic mass is 14.8. The van der Waals surface area contributed by atoms with E-state index in [2.05, 4.69) is 16.5 Å². The fourth-order valence-corrected chi connectivity index (χ4v) is 1.22. The van der Waals surface area contributed by atoms with Crippen molar-refractivity contribution in [3.05, 3.63) is 55.2 Å². The molecule has 0 aliphatic heterocycles. The summed E-state index contributed by atoms with van der Waals surface area (Å²) in [4.78, 5) is 8.39. The lowest BCUT2D eigenvalue weighted by Crippen LogP contribution is -1.84. The average molecular weight is 169 g/mol. The van der Waals surface area contributed by atoms with Crippen molar-refractivity contribution in [3.63, 3.8) is 0 Å². The molecule has 0 bridgehead atoms. The SMILES string of the molecule is C=C[CH]c1ccc2nccnc2c1. The first-order valence-electron chi connectivity index (χ1n) is 4.07. The molecule has 13 heavy (non-hydrogen) atoms. The molecule has 2 aromatic rings. The summed E-state index contributed by atoms with van der Waals surface area (Å²) >= 11 is 0. The number of fused-ring (bicyclic) bond motifs is 1. The van der Waals surface area contributed by atoms with Crippen LogP contribution in [0, 0.1) is 6.42 Å². The molecule has 2 nitrogen and oxygen atoms in total. The molecule has 0 N–H and O–H groups in total. The molecule has 1 aromatic heterocycles. The average Bonchev–Trinajstić information content (AvgIpc) is 2.18. The molecule has 0 spiro atoms. The van der Waals surface area contributed by atoms with Crippen molar-refractivity contribution in [2.75, 3.05) is 0 Å². The third kappa shape index (κ3) is 1.56. The van der Waals surface area contributed by atoms with Gasteiger partial charge in [0.25, 0.3) is 0 Å². The summed E-state index contributed by atoms with van der Waals surface area (Å²) < 4.78 is 0. The Bertz CT molecular complexity index is 435. The Morgan fingerprint density at radius 3 is 2.62 bits per heavy atom. The third-order valence-corrected chi connectivity index (χ3v) is 1.80. The maximum Gasteiger partial charge on any atom is 0.0889 e. The largest absolute Gasteiger partial charge is 0.253 e. The van der Waals surface area contributed by atoms with Gasteiger partial charge in [-0.15, -0.1) is 6.58 Å². The van der Waals surface area contributed by atoms with Gasteiger partial charge in [-0.2, -0.15) is 0 Å². The molecule has 1 aromatic carbocycles. The highest BCUT2D eigenvalue weighted by Crippen LogP contribution is 2.12. The van der Waals surface area contributed by atoms with E-state index < -0.39 is 0 Å². The molecular formula is C11H9N2. The zero-order valence-corrected chi connectivity index (χ0v) is 7.14. The van der Waals surface area contributed by atoms with Crippen LogP contribution in [0.5, 0.6) is 0 Å². The molecule has 1 heterocycles. The Labute approximate surface area is 77.0 Å². The molecule has 2 rings (SSSR count). The molecule has 0 aliphatic rings. The van der Waals surface area contributed by atoms with Crippen LogP contribution in [0.3, 0.4) is 0 Å². The zero-order valence-electron chi connectivity index (χ0n) is 7.14. The molecule has 0 saturated carbocycles. The normalized spacial score (nSPS) is 10.2. The second kappa shape index (κ2) is 3.35. The highest BCUT2D eigenvalue weighted by Gasteiger charge is 1.95. The first-order chi connectivity index (χ1) is 6.40. The maximum atomic E-state index is 4.21. The first kappa shape index (κ1) is 7.92. The maximum absolute atomic E-state index is 4.21. The standard InChI is InChI=1S/C11H9N2/c1-2-3-9-4-5-10-11(8-9)13-7-6-12-10/h2-8H,1H2. The van der Waals surface area contributed by atoms with Crippen LogP contribution in [0.2, 0.25) is 0 Å². The summed E-state index contributed by atoms with van der Waals surface area (Å²) in [6, 6.07) is 5.94. The van der Waals surface area contributed by atoms with Crippen molar-refractivity contribution in [2.45, 2.75) is 0 Å². The van der Waals surface area contributed by atoms with Crippen molar-refractivity contribution in [3.8, 4) is 0 Å². The summed E-state index contributed by atoms with van der Waals surface area (Å²) in [5, 5.41) is 0. The summed E-state index contributed by atoms with van der Waals surface area (Å²) in [6.07, 6.45) is 7.09. The minimum atomic E-state index is 0.915. The Balaban J connectivity index is 2.55. The summed E-state index contributed by atoms with van der Waals surface area (Å²) in [6.45, 7) is 3.64. The quantitative estimate of drug-likeness (QED) is 0.689. The molecule has 0 unspecified atom stereocenters. The number of allylic oxidation sites excluding steroid dienone is 1. The predicted octanol–water partition coefficient (Wildman–Crippen LogP) is 2.37. The van der Waals surface area contributed by atoms with Crippen LogP contribution in [0.15, 0.2) is 43.2 Å². The number of hydrogen-bond donors (Lipinski definition) is 0.